The number of nitro benzene ring substituents is 2. The van der Waals surface area contributed by atoms with Gasteiger partial charge < -0.3 is 5.32 Å². The number of nitrogens with one attached hydrogen (secondary N) is 1. The van der Waals surface area contributed by atoms with Gasteiger partial charge in [0.05, 0.1) is 9.85 Å². The van der Waals surface area contributed by atoms with Crippen LogP contribution in [0, 0.1) is 27.2 Å². The average molecular weight is 336 g/mol. The number of carbonyl (C=O) groups excluding carboxylic acids is 1. The van der Waals surface area contributed by atoms with Crippen LogP contribution in [0.25, 0.3) is 0 Å². The fourth-order valence-corrected chi connectivity index (χ4v) is 2.11. The lowest BCUT2D eigenvalue weighted by Gasteiger charge is -2.07. The molecule has 0 saturated heterocycles. The molecule has 118 valence electrons. The van der Waals surface area contributed by atoms with E-state index in [4.69, 9.17) is 11.6 Å². The van der Waals surface area contributed by atoms with Gasteiger partial charge in [0.2, 0.25) is 0 Å². The predicted molar refractivity (Wildman–Crippen MR) is 83.9 cm³/mol. The van der Waals surface area contributed by atoms with Gasteiger partial charge in [0, 0.05) is 17.2 Å². The van der Waals surface area contributed by atoms with Crippen LogP contribution in [0.2, 0.25) is 5.02 Å². The minimum atomic E-state index is -0.814. The minimum absolute atomic E-state index is 0.0970. The molecule has 0 spiro atoms. The predicted octanol–water partition coefficient (Wildman–Crippen LogP) is 3.72. The first-order valence-electron chi connectivity index (χ1n) is 6.30. The standard InChI is InChI=1S/C14H10ClN3O5/c1-8-2-5-12(17(20)21)10(6-8)14(19)16-11-4-3-9(15)7-13(11)18(22)23/h2-7H,1H3,(H,16,19). The van der Waals surface area contributed by atoms with E-state index < -0.39 is 21.4 Å². The summed E-state index contributed by atoms with van der Waals surface area (Å²) in [6.07, 6.45) is 0. The number of hydrogen-bond acceptors (Lipinski definition) is 5. The summed E-state index contributed by atoms with van der Waals surface area (Å²) in [5.41, 5.74) is -0.420. The number of nitro groups is 2. The van der Waals surface area contributed by atoms with E-state index in [0.717, 1.165) is 6.07 Å². The third-order valence-electron chi connectivity index (χ3n) is 3.00. The Balaban J connectivity index is 2.43. The van der Waals surface area contributed by atoms with E-state index in [-0.39, 0.29) is 22.0 Å². The molecule has 0 aromatic heterocycles. The van der Waals surface area contributed by atoms with Gasteiger partial charge in [0.15, 0.2) is 0 Å². The molecule has 9 heteroatoms. The van der Waals surface area contributed by atoms with Crippen LogP contribution in [0.15, 0.2) is 36.4 Å². The molecule has 0 aliphatic carbocycles. The summed E-state index contributed by atoms with van der Waals surface area (Å²) in [6, 6.07) is 7.77. The lowest BCUT2D eigenvalue weighted by atomic mass is 10.1. The number of anilines is 1. The van der Waals surface area contributed by atoms with Crippen LogP contribution in [0.1, 0.15) is 15.9 Å². The summed E-state index contributed by atoms with van der Waals surface area (Å²) >= 11 is 5.70. The van der Waals surface area contributed by atoms with Crippen LogP contribution in [0.4, 0.5) is 17.1 Å². The highest BCUT2D eigenvalue weighted by Crippen LogP contribution is 2.29. The first-order valence-corrected chi connectivity index (χ1v) is 6.67. The lowest BCUT2D eigenvalue weighted by Crippen LogP contribution is -2.15. The summed E-state index contributed by atoms with van der Waals surface area (Å²) in [5.74, 6) is -0.814. The van der Waals surface area contributed by atoms with Gasteiger partial charge in [-0.05, 0) is 30.7 Å². The van der Waals surface area contributed by atoms with E-state index in [1.807, 2.05) is 0 Å². The van der Waals surface area contributed by atoms with Gasteiger partial charge in [-0.1, -0.05) is 17.7 Å². The van der Waals surface area contributed by atoms with Crippen molar-refractivity contribution in [1.82, 2.24) is 0 Å². The Morgan fingerprint density at radius 3 is 2.30 bits per heavy atom. The van der Waals surface area contributed by atoms with Crippen LogP contribution < -0.4 is 5.32 Å². The average Bonchev–Trinajstić information content (AvgIpc) is 2.48. The summed E-state index contributed by atoms with van der Waals surface area (Å²) in [5, 5.41) is 24.5. The van der Waals surface area contributed by atoms with Crippen molar-refractivity contribution in [2.75, 3.05) is 5.32 Å². The number of halogens is 1. The van der Waals surface area contributed by atoms with E-state index in [1.54, 1.807) is 6.92 Å². The maximum atomic E-state index is 12.3. The fraction of sp³-hybridized carbons (Fsp3) is 0.0714. The highest BCUT2D eigenvalue weighted by Gasteiger charge is 2.23. The largest absolute Gasteiger partial charge is 0.316 e. The van der Waals surface area contributed by atoms with E-state index in [9.17, 15) is 25.0 Å². The van der Waals surface area contributed by atoms with Crippen LogP contribution in [0.3, 0.4) is 0 Å². The molecule has 0 radical (unpaired) electrons. The van der Waals surface area contributed by atoms with Gasteiger partial charge in [-0.15, -0.1) is 0 Å². The monoisotopic (exact) mass is 335 g/mol. The number of aryl methyl sites for hydroxylation is 1. The number of amides is 1. The molecule has 2 aromatic carbocycles. The summed E-state index contributed by atoms with van der Waals surface area (Å²) in [7, 11) is 0. The summed E-state index contributed by atoms with van der Waals surface area (Å²) in [4.78, 5) is 32.9. The molecular formula is C14H10ClN3O5. The Hall–Kier alpha value is -3.00. The molecule has 23 heavy (non-hydrogen) atoms. The third kappa shape index (κ3) is 3.61. The van der Waals surface area contributed by atoms with Crippen LogP contribution in [-0.4, -0.2) is 15.8 Å². The molecule has 0 aliphatic rings. The third-order valence-corrected chi connectivity index (χ3v) is 3.23. The molecule has 1 amide bonds. The summed E-state index contributed by atoms with van der Waals surface area (Å²) < 4.78 is 0. The number of rotatable bonds is 4. The van der Waals surface area contributed by atoms with Crippen molar-refractivity contribution in [3.63, 3.8) is 0 Å². The van der Waals surface area contributed by atoms with Crippen LogP contribution in [0.5, 0.6) is 0 Å². The Morgan fingerprint density at radius 2 is 1.70 bits per heavy atom. The first kappa shape index (κ1) is 16.4. The SMILES string of the molecule is Cc1ccc([N+](=O)[O-])c(C(=O)Nc2ccc(Cl)cc2[N+](=O)[O-])c1. The van der Waals surface area contributed by atoms with E-state index >= 15 is 0 Å². The normalized spacial score (nSPS) is 10.2. The van der Waals surface area contributed by atoms with Crippen molar-refractivity contribution in [1.29, 1.82) is 0 Å². The van der Waals surface area contributed by atoms with Crippen molar-refractivity contribution < 1.29 is 14.6 Å². The van der Waals surface area contributed by atoms with E-state index in [1.165, 1.54) is 30.3 Å². The van der Waals surface area contributed by atoms with E-state index in [0.29, 0.717) is 5.56 Å². The van der Waals surface area contributed by atoms with Gasteiger partial charge in [-0.25, -0.2) is 0 Å². The van der Waals surface area contributed by atoms with Gasteiger partial charge >= 0.3 is 0 Å². The molecule has 0 heterocycles. The van der Waals surface area contributed by atoms with E-state index in [2.05, 4.69) is 5.32 Å². The smallest absolute Gasteiger partial charge is 0.294 e. The van der Waals surface area contributed by atoms with Crippen molar-refractivity contribution in [3.8, 4) is 0 Å². The maximum absolute atomic E-state index is 12.3. The Morgan fingerprint density at radius 1 is 1.04 bits per heavy atom. The Kier molecular flexibility index (Phi) is 4.56. The molecule has 0 unspecified atom stereocenters. The molecule has 1 N–H and O–H groups in total. The molecule has 8 nitrogen and oxygen atoms in total. The lowest BCUT2D eigenvalue weighted by molar-refractivity contribution is -0.385. The molecule has 0 fully saturated rings. The number of carbonyl (C=O) groups is 1. The molecule has 2 aromatic rings. The molecule has 0 bridgehead atoms. The zero-order valence-corrected chi connectivity index (χ0v) is 12.5. The van der Waals surface area contributed by atoms with Crippen LogP contribution in [-0.2, 0) is 0 Å². The molecule has 0 saturated carbocycles. The molecular weight excluding hydrogens is 326 g/mol. The van der Waals surface area contributed by atoms with Gasteiger partial charge in [-0.2, -0.15) is 0 Å². The number of benzene rings is 2. The maximum Gasteiger partial charge on any atom is 0.294 e. The second-order valence-corrected chi connectivity index (χ2v) is 5.09. The Bertz CT molecular complexity index is 822. The van der Waals surface area contributed by atoms with Gasteiger partial charge in [-0.3, -0.25) is 25.0 Å². The Labute approximate surface area is 135 Å². The minimum Gasteiger partial charge on any atom is -0.316 e. The van der Waals surface area contributed by atoms with Crippen molar-refractivity contribution in [3.05, 3.63) is 72.8 Å². The van der Waals surface area contributed by atoms with Gasteiger partial charge in [0.1, 0.15) is 11.3 Å². The zero-order valence-electron chi connectivity index (χ0n) is 11.8. The van der Waals surface area contributed by atoms with Crippen LogP contribution >= 0.6 is 11.6 Å². The summed E-state index contributed by atoms with van der Waals surface area (Å²) in [6.45, 7) is 1.67. The number of hydrogen-bond donors (Lipinski definition) is 1. The quantitative estimate of drug-likeness (QED) is 0.675. The second kappa shape index (κ2) is 6.41. The highest BCUT2D eigenvalue weighted by molar-refractivity contribution is 6.31. The zero-order chi connectivity index (χ0) is 17.1. The number of nitrogens with zero attached hydrogens (tertiary/aromatic N) is 2. The molecule has 0 atom stereocenters. The fourth-order valence-electron chi connectivity index (χ4n) is 1.94. The molecule has 2 rings (SSSR count). The second-order valence-electron chi connectivity index (χ2n) is 4.65. The topological polar surface area (TPSA) is 115 Å². The molecule has 0 aliphatic heterocycles. The van der Waals surface area contributed by atoms with Crippen molar-refractivity contribution in [2.24, 2.45) is 0 Å². The van der Waals surface area contributed by atoms with Crippen molar-refractivity contribution in [2.45, 2.75) is 6.92 Å². The first-order chi connectivity index (χ1) is 10.8. The highest BCUT2D eigenvalue weighted by atomic mass is 35.5. The van der Waals surface area contributed by atoms with Gasteiger partial charge in [0.25, 0.3) is 17.3 Å². The van der Waals surface area contributed by atoms with Crippen molar-refractivity contribution >= 4 is 34.6 Å².